The Balaban J connectivity index is 2.11. The number of likely N-dealkylation sites (tertiary alicyclic amines) is 1. The van der Waals surface area contributed by atoms with Crippen LogP contribution in [0.25, 0.3) is 0 Å². The molecule has 0 amide bonds. The Morgan fingerprint density at radius 3 is 2.43 bits per heavy atom. The number of nitrogens with one attached hydrogen (secondary N) is 1. The van der Waals surface area contributed by atoms with Crippen LogP contribution >= 0.6 is 11.3 Å². The molecule has 0 spiro atoms. The molecular weight excluding hydrogens is 278 g/mol. The lowest BCUT2D eigenvalue weighted by Crippen LogP contribution is -2.51. The van der Waals surface area contributed by atoms with E-state index < -0.39 is 0 Å². The van der Waals surface area contributed by atoms with Crippen molar-refractivity contribution in [3.05, 3.63) is 16.1 Å². The van der Waals surface area contributed by atoms with Gasteiger partial charge >= 0.3 is 0 Å². The van der Waals surface area contributed by atoms with Crippen LogP contribution in [0.3, 0.4) is 0 Å². The highest BCUT2D eigenvalue weighted by atomic mass is 32.1. The molecule has 0 radical (unpaired) electrons. The number of nitrogens with zero attached hydrogens (tertiary/aromatic N) is 2. The largest absolute Gasteiger partial charge is 0.306 e. The van der Waals surface area contributed by atoms with Crippen molar-refractivity contribution < 1.29 is 0 Å². The molecule has 1 fully saturated rings. The fourth-order valence-electron chi connectivity index (χ4n) is 3.21. The van der Waals surface area contributed by atoms with Crippen LogP contribution in [0.2, 0.25) is 0 Å². The van der Waals surface area contributed by atoms with Gasteiger partial charge in [0.2, 0.25) is 0 Å². The minimum Gasteiger partial charge on any atom is -0.306 e. The number of rotatable bonds is 6. The lowest BCUT2D eigenvalue weighted by molar-refractivity contribution is 0.124. The minimum absolute atomic E-state index is 0.111. The van der Waals surface area contributed by atoms with Crippen LogP contribution in [0.1, 0.15) is 64.1 Å². The molecule has 0 aliphatic carbocycles. The second-order valence-electron chi connectivity index (χ2n) is 7.04. The maximum atomic E-state index is 4.95. The fourth-order valence-corrected chi connectivity index (χ4v) is 4.43. The Bertz CT molecular complexity index is 431. The third-order valence-corrected chi connectivity index (χ3v) is 5.44. The first kappa shape index (κ1) is 16.9. The van der Waals surface area contributed by atoms with E-state index in [0.29, 0.717) is 5.92 Å². The third-order valence-electron chi connectivity index (χ3n) is 4.37. The highest BCUT2D eigenvalue weighted by Crippen LogP contribution is 2.36. The molecule has 4 heteroatoms. The van der Waals surface area contributed by atoms with Gasteiger partial charge < -0.3 is 10.2 Å². The fraction of sp³-hybridized carbons (Fsp3) is 0.824. The van der Waals surface area contributed by atoms with E-state index in [-0.39, 0.29) is 5.54 Å². The maximum Gasteiger partial charge on any atom is 0.113 e. The van der Waals surface area contributed by atoms with Gasteiger partial charge in [0.15, 0.2) is 0 Å². The molecule has 0 aromatic carbocycles. The van der Waals surface area contributed by atoms with Crippen LogP contribution in [0.5, 0.6) is 0 Å². The smallest absolute Gasteiger partial charge is 0.113 e. The van der Waals surface area contributed by atoms with E-state index in [1.54, 1.807) is 0 Å². The molecule has 0 unspecified atom stereocenters. The maximum absolute atomic E-state index is 4.95. The van der Waals surface area contributed by atoms with Gasteiger partial charge in [-0.15, -0.1) is 11.3 Å². The zero-order valence-electron chi connectivity index (χ0n) is 14.3. The Hall–Kier alpha value is -0.450. The van der Waals surface area contributed by atoms with Gasteiger partial charge in [0.05, 0.1) is 11.2 Å². The summed E-state index contributed by atoms with van der Waals surface area (Å²) < 4.78 is 0. The zero-order chi connectivity index (χ0) is 15.5. The molecular formula is C17H31N3S. The van der Waals surface area contributed by atoms with E-state index >= 15 is 0 Å². The summed E-state index contributed by atoms with van der Waals surface area (Å²) in [6.07, 6.45) is 2.36. The minimum atomic E-state index is 0.111. The number of hydrogen-bond donors (Lipinski definition) is 1. The molecule has 2 heterocycles. The Kier molecular flexibility index (Phi) is 5.81. The number of aromatic nitrogens is 1. The van der Waals surface area contributed by atoms with E-state index in [9.17, 15) is 0 Å². The SMILES string of the molecule is CCNC1(c2nc(C(C)C)cs2)CCN(CC(C)C)CC1. The van der Waals surface area contributed by atoms with Crippen molar-refractivity contribution in [2.45, 2.75) is 58.9 Å². The summed E-state index contributed by atoms with van der Waals surface area (Å²) in [5, 5.41) is 7.31. The van der Waals surface area contributed by atoms with Gasteiger partial charge in [-0.3, -0.25) is 0 Å². The highest BCUT2D eigenvalue weighted by molar-refractivity contribution is 7.09. The summed E-state index contributed by atoms with van der Waals surface area (Å²) in [5.41, 5.74) is 1.36. The molecule has 0 bridgehead atoms. The molecule has 2 rings (SSSR count). The van der Waals surface area contributed by atoms with Crippen molar-refractivity contribution in [2.24, 2.45) is 5.92 Å². The summed E-state index contributed by atoms with van der Waals surface area (Å²) in [7, 11) is 0. The van der Waals surface area contributed by atoms with Crippen molar-refractivity contribution in [1.29, 1.82) is 0 Å². The number of hydrogen-bond acceptors (Lipinski definition) is 4. The van der Waals surface area contributed by atoms with Gasteiger partial charge in [0.25, 0.3) is 0 Å². The van der Waals surface area contributed by atoms with Gasteiger partial charge in [-0.05, 0) is 31.2 Å². The molecule has 0 saturated carbocycles. The molecule has 1 aromatic rings. The lowest BCUT2D eigenvalue weighted by atomic mass is 9.87. The Labute approximate surface area is 134 Å². The van der Waals surface area contributed by atoms with Crippen LogP contribution in [-0.4, -0.2) is 36.1 Å². The van der Waals surface area contributed by atoms with Gasteiger partial charge in [-0.25, -0.2) is 4.98 Å². The summed E-state index contributed by atoms with van der Waals surface area (Å²) in [4.78, 5) is 7.56. The standard InChI is InChI=1S/C17H31N3S/c1-6-18-17(16-19-15(12-21-16)14(4)5)7-9-20(10-8-17)11-13(2)3/h12-14,18H,6-11H2,1-5H3. The van der Waals surface area contributed by atoms with Crippen molar-refractivity contribution in [2.75, 3.05) is 26.2 Å². The van der Waals surface area contributed by atoms with E-state index in [2.05, 4.69) is 50.2 Å². The van der Waals surface area contributed by atoms with Crippen molar-refractivity contribution in [1.82, 2.24) is 15.2 Å². The topological polar surface area (TPSA) is 28.2 Å². The van der Waals surface area contributed by atoms with E-state index in [4.69, 9.17) is 4.98 Å². The Morgan fingerprint density at radius 1 is 1.29 bits per heavy atom. The molecule has 1 saturated heterocycles. The normalized spacial score (nSPS) is 19.6. The van der Waals surface area contributed by atoms with Crippen LogP contribution < -0.4 is 5.32 Å². The monoisotopic (exact) mass is 309 g/mol. The van der Waals surface area contributed by atoms with Crippen LogP contribution in [0.4, 0.5) is 0 Å². The second-order valence-corrected chi connectivity index (χ2v) is 7.90. The molecule has 3 nitrogen and oxygen atoms in total. The molecule has 1 aliphatic rings. The van der Waals surface area contributed by atoms with Gasteiger partial charge in [-0.2, -0.15) is 0 Å². The van der Waals surface area contributed by atoms with Crippen LogP contribution in [0.15, 0.2) is 5.38 Å². The molecule has 1 N–H and O–H groups in total. The summed E-state index contributed by atoms with van der Waals surface area (Å²) in [6, 6.07) is 0. The third kappa shape index (κ3) is 4.05. The van der Waals surface area contributed by atoms with Crippen molar-refractivity contribution >= 4 is 11.3 Å². The highest BCUT2D eigenvalue weighted by Gasteiger charge is 2.38. The quantitative estimate of drug-likeness (QED) is 0.866. The van der Waals surface area contributed by atoms with E-state index in [0.717, 1.165) is 12.5 Å². The predicted molar refractivity (Wildman–Crippen MR) is 92.1 cm³/mol. The molecule has 1 aromatic heterocycles. The van der Waals surface area contributed by atoms with Gasteiger partial charge in [-0.1, -0.05) is 34.6 Å². The Morgan fingerprint density at radius 2 is 1.95 bits per heavy atom. The average Bonchev–Trinajstić information content (AvgIpc) is 2.91. The molecule has 21 heavy (non-hydrogen) atoms. The molecule has 1 aliphatic heterocycles. The van der Waals surface area contributed by atoms with Crippen molar-refractivity contribution in [3.8, 4) is 0 Å². The first-order valence-corrected chi connectivity index (χ1v) is 9.28. The summed E-state index contributed by atoms with van der Waals surface area (Å²) in [6.45, 7) is 15.9. The zero-order valence-corrected chi connectivity index (χ0v) is 15.1. The predicted octanol–water partition coefficient (Wildman–Crippen LogP) is 3.82. The average molecular weight is 310 g/mol. The lowest BCUT2D eigenvalue weighted by Gasteiger charge is -2.41. The van der Waals surface area contributed by atoms with Crippen molar-refractivity contribution in [3.63, 3.8) is 0 Å². The van der Waals surface area contributed by atoms with E-state index in [1.807, 2.05) is 11.3 Å². The first-order chi connectivity index (χ1) is 9.97. The number of thiazole rings is 1. The van der Waals surface area contributed by atoms with Gasteiger partial charge in [0.1, 0.15) is 5.01 Å². The van der Waals surface area contributed by atoms with E-state index in [1.165, 1.54) is 43.2 Å². The van der Waals surface area contributed by atoms with Gasteiger partial charge in [0, 0.05) is 25.0 Å². The van der Waals surface area contributed by atoms with Crippen LogP contribution in [-0.2, 0) is 5.54 Å². The first-order valence-electron chi connectivity index (χ1n) is 8.40. The summed E-state index contributed by atoms with van der Waals surface area (Å²) in [5.74, 6) is 1.28. The second kappa shape index (κ2) is 7.21. The molecule has 0 atom stereocenters. The van der Waals surface area contributed by atoms with Crippen LogP contribution in [0, 0.1) is 5.92 Å². The number of piperidine rings is 1. The summed E-state index contributed by atoms with van der Waals surface area (Å²) >= 11 is 1.85. The molecule has 120 valence electrons.